The Morgan fingerprint density at radius 3 is 2.89 bits per heavy atom. The van der Waals surface area contributed by atoms with E-state index in [0.717, 1.165) is 12.8 Å². The van der Waals surface area contributed by atoms with Crippen LogP contribution in [0.5, 0.6) is 5.88 Å². The van der Waals surface area contributed by atoms with Crippen molar-refractivity contribution < 1.29 is 14.3 Å². The summed E-state index contributed by atoms with van der Waals surface area (Å²) < 4.78 is 10.3. The predicted octanol–water partition coefficient (Wildman–Crippen LogP) is 0.528. The normalized spacial score (nSPS) is 16.3. The molecule has 0 saturated carbocycles. The Hall–Kier alpha value is -1.69. The van der Waals surface area contributed by atoms with Crippen LogP contribution in [0, 0.1) is 5.92 Å². The second-order valence-electron chi connectivity index (χ2n) is 4.12. The van der Waals surface area contributed by atoms with Gasteiger partial charge in [-0.1, -0.05) is 0 Å². The molecule has 1 aliphatic heterocycles. The first-order chi connectivity index (χ1) is 8.81. The molecule has 1 aromatic heterocycles. The molecule has 2 heterocycles. The smallest absolute Gasteiger partial charge is 0.237 e. The summed E-state index contributed by atoms with van der Waals surface area (Å²) in [6.45, 7) is 1.66. The number of rotatable bonds is 4. The van der Waals surface area contributed by atoms with E-state index in [0.29, 0.717) is 31.3 Å². The zero-order valence-corrected chi connectivity index (χ0v) is 10.4. The third-order valence-electron chi connectivity index (χ3n) is 2.95. The number of hydrogen-bond acceptors (Lipinski definition) is 5. The lowest BCUT2D eigenvalue weighted by molar-refractivity contribution is -0.128. The largest absolute Gasteiger partial charge is 0.480 e. The van der Waals surface area contributed by atoms with Gasteiger partial charge in [0.1, 0.15) is 5.69 Å². The summed E-state index contributed by atoms with van der Waals surface area (Å²) in [6.07, 6.45) is 4.70. The van der Waals surface area contributed by atoms with Crippen LogP contribution in [0.4, 0.5) is 0 Å². The molecular formula is C12H17N3O3. The number of carbonyl (C=O) groups excluding carboxylic acids is 1. The first-order valence-electron chi connectivity index (χ1n) is 6.00. The number of nitrogens with zero attached hydrogens (tertiary/aromatic N) is 2. The highest BCUT2D eigenvalue weighted by atomic mass is 16.5. The second-order valence-corrected chi connectivity index (χ2v) is 4.12. The van der Waals surface area contributed by atoms with Crippen molar-refractivity contribution in [2.24, 2.45) is 5.92 Å². The first kappa shape index (κ1) is 12.8. The fourth-order valence-electron chi connectivity index (χ4n) is 1.92. The maximum absolute atomic E-state index is 11.9. The van der Waals surface area contributed by atoms with Crippen LogP contribution in [-0.4, -0.2) is 36.2 Å². The summed E-state index contributed by atoms with van der Waals surface area (Å²) in [7, 11) is 1.54. The van der Waals surface area contributed by atoms with E-state index in [4.69, 9.17) is 9.47 Å². The average Bonchev–Trinajstić information content (AvgIpc) is 2.46. The molecule has 98 valence electrons. The van der Waals surface area contributed by atoms with Crippen LogP contribution in [0.3, 0.4) is 0 Å². The molecule has 0 unspecified atom stereocenters. The Balaban J connectivity index is 1.88. The van der Waals surface area contributed by atoms with E-state index in [1.54, 1.807) is 12.4 Å². The zero-order chi connectivity index (χ0) is 12.8. The number of hydrogen-bond donors (Lipinski definition) is 1. The third-order valence-corrected chi connectivity index (χ3v) is 2.95. The Labute approximate surface area is 106 Å². The Morgan fingerprint density at radius 2 is 2.17 bits per heavy atom. The van der Waals surface area contributed by atoms with E-state index in [1.807, 2.05) is 0 Å². The number of nitrogens with one attached hydrogen (secondary N) is 1. The minimum Gasteiger partial charge on any atom is -0.480 e. The number of amides is 1. The second kappa shape index (κ2) is 6.30. The number of methoxy groups -OCH3 is 1. The van der Waals surface area contributed by atoms with Gasteiger partial charge >= 0.3 is 0 Å². The molecule has 18 heavy (non-hydrogen) atoms. The van der Waals surface area contributed by atoms with Crippen molar-refractivity contribution in [1.82, 2.24) is 15.3 Å². The highest BCUT2D eigenvalue weighted by molar-refractivity contribution is 5.78. The van der Waals surface area contributed by atoms with Gasteiger partial charge in [-0.25, -0.2) is 4.98 Å². The van der Waals surface area contributed by atoms with Crippen LogP contribution in [0.25, 0.3) is 0 Å². The Morgan fingerprint density at radius 1 is 1.44 bits per heavy atom. The minimum atomic E-state index is 0.0430. The van der Waals surface area contributed by atoms with Crippen LogP contribution in [0.1, 0.15) is 18.5 Å². The third kappa shape index (κ3) is 3.16. The molecule has 0 aliphatic carbocycles. The number of carbonyl (C=O) groups is 1. The molecule has 1 fully saturated rings. The SMILES string of the molecule is COc1nccnc1CNC(=O)C1CCOCC1. The van der Waals surface area contributed by atoms with E-state index in [1.165, 1.54) is 7.11 Å². The molecule has 6 heteroatoms. The number of ether oxygens (including phenoxy) is 2. The Bertz CT molecular complexity index is 405. The summed E-state index contributed by atoms with van der Waals surface area (Å²) >= 11 is 0. The summed E-state index contributed by atoms with van der Waals surface area (Å²) in [5, 5.41) is 2.87. The minimum absolute atomic E-state index is 0.0430. The van der Waals surface area contributed by atoms with E-state index in [9.17, 15) is 4.79 Å². The Kier molecular flexibility index (Phi) is 4.46. The van der Waals surface area contributed by atoms with Crippen LogP contribution < -0.4 is 10.1 Å². The van der Waals surface area contributed by atoms with Crippen LogP contribution >= 0.6 is 0 Å². The number of aromatic nitrogens is 2. The fraction of sp³-hybridized carbons (Fsp3) is 0.583. The van der Waals surface area contributed by atoms with Gasteiger partial charge in [-0.2, -0.15) is 0 Å². The van der Waals surface area contributed by atoms with Gasteiger partial charge in [0.05, 0.1) is 13.7 Å². The molecule has 6 nitrogen and oxygen atoms in total. The molecule has 0 bridgehead atoms. The lowest BCUT2D eigenvalue weighted by atomic mass is 9.99. The van der Waals surface area contributed by atoms with Crippen molar-refractivity contribution in [3.63, 3.8) is 0 Å². The van der Waals surface area contributed by atoms with Gasteiger partial charge in [-0.15, -0.1) is 0 Å². The van der Waals surface area contributed by atoms with Gasteiger partial charge in [0.25, 0.3) is 0 Å². The van der Waals surface area contributed by atoms with Crippen molar-refractivity contribution in [2.75, 3.05) is 20.3 Å². The van der Waals surface area contributed by atoms with Gasteiger partial charge < -0.3 is 14.8 Å². The van der Waals surface area contributed by atoms with Crippen molar-refractivity contribution >= 4 is 5.91 Å². The fourth-order valence-corrected chi connectivity index (χ4v) is 1.92. The van der Waals surface area contributed by atoms with Crippen LogP contribution in [-0.2, 0) is 16.1 Å². The maximum atomic E-state index is 11.9. The maximum Gasteiger partial charge on any atom is 0.237 e. The van der Waals surface area contributed by atoms with E-state index in [2.05, 4.69) is 15.3 Å². The van der Waals surface area contributed by atoms with Gasteiger partial charge in [0.15, 0.2) is 0 Å². The van der Waals surface area contributed by atoms with Crippen LogP contribution in [0.2, 0.25) is 0 Å². The monoisotopic (exact) mass is 251 g/mol. The van der Waals surface area contributed by atoms with Crippen molar-refractivity contribution in [2.45, 2.75) is 19.4 Å². The molecule has 1 aromatic rings. The highest BCUT2D eigenvalue weighted by Crippen LogP contribution is 2.15. The van der Waals surface area contributed by atoms with Gasteiger partial charge in [0, 0.05) is 31.5 Å². The average molecular weight is 251 g/mol. The molecule has 0 atom stereocenters. The van der Waals surface area contributed by atoms with E-state index in [-0.39, 0.29) is 11.8 Å². The van der Waals surface area contributed by atoms with Gasteiger partial charge in [0.2, 0.25) is 11.8 Å². The quantitative estimate of drug-likeness (QED) is 0.845. The molecule has 0 spiro atoms. The molecule has 0 aromatic carbocycles. The molecule has 0 radical (unpaired) electrons. The molecule has 2 rings (SSSR count). The topological polar surface area (TPSA) is 73.3 Å². The summed E-state index contributed by atoms with van der Waals surface area (Å²) in [4.78, 5) is 20.1. The van der Waals surface area contributed by atoms with E-state index >= 15 is 0 Å². The van der Waals surface area contributed by atoms with E-state index < -0.39 is 0 Å². The van der Waals surface area contributed by atoms with Crippen molar-refractivity contribution in [1.29, 1.82) is 0 Å². The van der Waals surface area contributed by atoms with Crippen molar-refractivity contribution in [3.05, 3.63) is 18.1 Å². The van der Waals surface area contributed by atoms with Gasteiger partial charge in [-0.05, 0) is 12.8 Å². The zero-order valence-electron chi connectivity index (χ0n) is 10.4. The molecule has 1 saturated heterocycles. The molecular weight excluding hydrogens is 234 g/mol. The van der Waals surface area contributed by atoms with Crippen molar-refractivity contribution in [3.8, 4) is 5.88 Å². The summed E-state index contributed by atoms with van der Waals surface area (Å²) in [5.41, 5.74) is 0.639. The summed E-state index contributed by atoms with van der Waals surface area (Å²) in [5.74, 6) is 0.539. The molecule has 1 aliphatic rings. The standard InChI is InChI=1S/C12H17N3O3/c1-17-12-10(13-4-5-14-12)8-15-11(16)9-2-6-18-7-3-9/h4-5,9H,2-3,6-8H2,1H3,(H,15,16). The molecule has 1 amide bonds. The van der Waals surface area contributed by atoms with Crippen LogP contribution in [0.15, 0.2) is 12.4 Å². The lowest BCUT2D eigenvalue weighted by Crippen LogP contribution is -2.34. The highest BCUT2D eigenvalue weighted by Gasteiger charge is 2.21. The lowest BCUT2D eigenvalue weighted by Gasteiger charge is -2.21. The molecule has 1 N–H and O–H groups in total. The first-order valence-corrected chi connectivity index (χ1v) is 6.00. The summed E-state index contributed by atoms with van der Waals surface area (Å²) in [6, 6.07) is 0. The predicted molar refractivity (Wildman–Crippen MR) is 64.0 cm³/mol. The van der Waals surface area contributed by atoms with Gasteiger partial charge in [-0.3, -0.25) is 9.78 Å².